The molecule has 4 amide bonds. The van der Waals surface area contributed by atoms with Gasteiger partial charge in [0.2, 0.25) is 5.91 Å². The first-order chi connectivity index (χ1) is 13.9. The fraction of sp³-hybridized carbons (Fsp3) is 0.500. The van der Waals surface area contributed by atoms with E-state index in [2.05, 4.69) is 22.7 Å². The van der Waals surface area contributed by atoms with E-state index >= 15 is 0 Å². The van der Waals surface area contributed by atoms with Gasteiger partial charge in [0.05, 0.1) is 16.8 Å². The van der Waals surface area contributed by atoms with E-state index in [-0.39, 0.29) is 11.7 Å². The van der Waals surface area contributed by atoms with Crippen LogP contribution in [0.25, 0.3) is 11.0 Å². The minimum absolute atomic E-state index is 0.0599. The van der Waals surface area contributed by atoms with Crippen LogP contribution in [0.15, 0.2) is 29.4 Å². The second kappa shape index (κ2) is 7.70. The number of carbonyl (C=O) groups excluding carboxylic acids is 3. The van der Waals surface area contributed by atoms with Crippen LogP contribution in [-0.4, -0.2) is 43.7 Å². The Morgan fingerprint density at radius 3 is 2.76 bits per heavy atom. The van der Waals surface area contributed by atoms with Crippen LogP contribution >= 0.6 is 11.8 Å². The maximum atomic E-state index is 12.8. The molecule has 1 saturated carbocycles. The largest absolute Gasteiger partial charge is 0.344 e. The minimum Gasteiger partial charge on any atom is -0.322 e. The van der Waals surface area contributed by atoms with Gasteiger partial charge in [0.25, 0.3) is 5.91 Å². The molecule has 29 heavy (non-hydrogen) atoms. The molecule has 2 heterocycles. The van der Waals surface area contributed by atoms with E-state index < -0.39 is 17.5 Å². The summed E-state index contributed by atoms with van der Waals surface area (Å²) in [5.41, 5.74) is 3.51. The number of amides is 4. The summed E-state index contributed by atoms with van der Waals surface area (Å²) in [5.74, 6) is -0.157. The molecule has 9 heteroatoms. The van der Waals surface area contributed by atoms with Crippen molar-refractivity contribution >= 4 is 40.6 Å². The Balaban J connectivity index is 1.40. The third-order valence-electron chi connectivity index (χ3n) is 5.79. The lowest BCUT2D eigenvalue weighted by Crippen LogP contribution is -2.51. The molecule has 1 spiro atoms. The second-order valence-corrected chi connectivity index (χ2v) is 8.73. The number of para-hydroxylation sites is 2. The molecule has 154 valence electrons. The van der Waals surface area contributed by atoms with Crippen molar-refractivity contribution in [2.45, 2.75) is 56.8 Å². The molecule has 1 aliphatic heterocycles. The van der Waals surface area contributed by atoms with Gasteiger partial charge in [0.1, 0.15) is 5.54 Å². The number of carbonyl (C=O) groups is 3. The lowest BCUT2D eigenvalue weighted by Gasteiger charge is -2.33. The number of imidazole rings is 1. The predicted octanol–water partition coefficient (Wildman–Crippen LogP) is 2.68. The molecular formula is C20H25N5O3S. The van der Waals surface area contributed by atoms with E-state index in [0.717, 1.165) is 40.6 Å². The van der Waals surface area contributed by atoms with E-state index in [0.29, 0.717) is 18.8 Å². The highest BCUT2D eigenvalue weighted by Gasteiger charge is 2.52. The van der Waals surface area contributed by atoms with Crippen molar-refractivity contribution in [3.63, 3.8) is 0 Å². The Bertz CT molecular complexity index is 964. The summed E-state index contributed by atoms with van der Waals surface area (Å²) in [6, 6.07) is 7.26. The summed E-state index contributed by atoms with van der Waals surface area (Å²) in [5, 5.41) is 4.39. The molecule has 0 bridgehead atoms. The first-order valence-electron chi connectivity index (χ1n) is 9.98. The summed E-state index contributed by atoms with van der Waals surface area (Å²) < 4.78 is 2.04. The number of aryl methyl sites for hydroxylation is 1. The standard InChI is InChI=1S/C20H25N5O3S/c1-3-24-15-7-5-4-6-14(15)21-19(24)29-12-16(26)23-25-17(27)20(22-18(25)28)10-8-13(2)9-11-20/h4-7,13H,3,8-12H2,1-2H3,(H,22,28)(H,23,26). The van der Waals surface area contributed by atoms with Gasteiger partial charge in [-0.2, -0.15) is 5.01 Å². The maximum Gasteiger partial charge on any atom is 0.344 e. The average molecular weight is 416 g/mol. The second-order valence-electron chi connectivity index (χ2n) is 7.79. The quantitative estimate of drug-likeness (QED) is 0.578. The number of hydrogen-bond acceptors (Lipinski definition) is 5. The van der Waals surface area contributed by atoms with Crippen LogP contribution in [-0.2, 0) is 16.1 Å². The number of aromatic nitrogens is 2. The molecule has 0 unspecified atom stereocenters. The molecule has 4 rings (SSSR count). The van der Waals surface area contributed by atoms with Crippen LogP contribution < -0.4 is 10.7 Å². The number of nitrogens with one attached hydrogen (secondary N) is 2. The van der Waals surface area contributed by atoms with Gasteiger partial charge in [0.15, 0.2) is 5.16 Å². The normalized spacial score (nSPS) is 24.3. The lowest BCUT2D eigenvalue weighted by atomic mass is 9.77. The maximum absolute atomic E-state index is 12.8. The predicted molar refractivity (Wildman–Crippen MR) is 110 cm³/mol. The zero-order chi connectivity index (χ0) is 20.6. The fourth-order valence-corrected chi connectivity index (χ4v) is 4.94. The average Bonchev–Trinajstić information content (AvgIpc) is 3.19. The number of imide groups is 1. The molecule has 0 atom stereocenters. The van der Waals surface area contributed by atoms with Crippen molar-refractivity contribution in [1.29, 1.82) is 0 Å². The first kappa shape index (κ1) is 19.8. The highest BCUT2D eigenvalue weighted by atomic mass is 32.2. The van der Waals surface area contributed by atoms with Gasteiger partial charge < -0.3 is 9.88 Å². The first-order valence-corrected chi connectivity index (χ1v) is 11.0. The van der Waals surface area contributed by atoms with Crippen molar-refractivity contribution in [2.75, 3.05) is 5.75 Å². The Hall–Kier alpha value is -2.55. The number of benzene rings is 1. The monoisotopic (exact) mass is 415 g/mol. The smallest absolute Gasteiger partial charge is 0.322 e. The molecule has 2 aromatic rings. The molecule has 1 aromatic heterocycles. The van der Waals surface area contributed by atoms with E-state index in [1.807, 2.05) is 35.8 Å². The summed E-state index contributed by atoms with van der Waals surface area (Å²) in [7, 11) is 0. The molecule has 0 radical (unpaired) electrons. The van der Waals surface area contributed by atoms with E-state index in [4.69, 9.17) is 0 Å². The van der Waals surface area contributed by atoms with Crippen LogP contribution in [0.2, 0.25) is 0 Å². The molecule has 2 N–H and O–H groups in total. The fourth-order valence-electron chi connectivity index (χ4n) is 4.07. The molecule has 1 aromatic carbocycles. The number of rotatable bonds is 5. The zero-order valence-corrected chi connectivity index (χ0v) is 17.4. The number of hydrogen-bond donors (Lipinski definition) is 2. The number of urea groups is 1. The van der Waals surface area contributed by atoms with Gasteiger partial charge in [-0.15, -0.1) is 0 Å². The van der Waals surface area contributed by atoms with Crippen LogP contribution in [0.3, 0.4) is 0 Å². The van der Waals surface area contributed by atoms with Crippen LogP contribution in [0, 0.1) is 5.92 Å². The van der Waals surface area contributed by atoms with Gasteiger partial charge in [-0.05, 0) is 50.7 Å². The molecular weight excluding hydrogens is 390 g/mol. The van der Waals surface area contributed by atoms with Crippen molar-refractivity contribution in [3.8, 4) is 0 Å². The third kappa shape index (κ3) is 3.59. The minimum atomic E-state index is -0.861. The van der Waals surface area contributed by atoms with Crippen LogP contribution in [0.5, 0.6) is 0 Å². The zero-order valence-electron chi connectivity index (χ0n) is 16.6. The van der Waals surface area contributed by atoms with Gasteiger partial charge in [-0.1, -0.05) is 30.8 Å². The van der Waals surface area contributed by atoms with Crippen molar-refractivity contribution in [1.82, 2.24) is 25.3 Å². The van der Waals surface area contributed by atoms with Crippen molar-refractivity contribution in [2.24, 2.45) is 5.92 Å². The lowest BCUT2D eigenvalue weighted by molar-refractivity contribution is -0.139. The highest BCUT2D eigenvalue weighted by Crippen LogP contribution is 2.35. The Morgan fingerprint density at radius 2 is 2.03 bits per heavy atom. The van der Waals surface area contributed by atoms with E-state index in [1.54, 1.807) is 0 Å². The summed E-state index contributed by atoms with van der Waals surface area (Å²) >= 11 is 1.29. The summed E-state index contributed by atoms with van der Waals surface area (Å²) in [6.45, 7) is 4.91. The van der Waals surface area contributed by atoms with E-state index in [1.165, 1.54) is 11.8 Å². The van der Waals surface area contributed by atoms with Gasteiger partial charge in [0, 0.05) is 6.54 Å². The number of hydrazine groups is 1. The topological polar surface area (TPSA) is 96.3 Å². The van der Waals surface area contributed by atoms with Crippen LogP contribution in [0.4, 0.5) is 4.79 Å². The number of nitrogens with zero attached hydrogens (tertiary/aromatic N) is 3. The third-order valence-corrected chi connectivity index (χ3v) is 6.77. The van der Waals surface area contributed by atoms with Gasteiger partial charge in [-0.3, -0.25) is 15.0 Å². The SMILES string of the molecule is CCn1c(SCC(=O)NN2C(=O)NC3(CCC(C)CC3)C2=O)nc2ccccc21. The molecule has 8 nitrogen and oxygen atoms in total. The molecule has 2 fully saturated rings. The molecule has 1 aliphatic carbocycles. The summed E-state index contributed by atoms with van der Waals surface area (Å²) in [4.78, 5) is 42.2. The van der Waals surface area contributed by atoms with Gasteiger partial charge >= 0.3 is 6.03 Å². The van der Waals surface area contributed by atoms with Crippen LogP contribution in [0.1, 0.15) is 39.5 Å². The van der Waals surface area contributed by atoms with E-state index in [9.17, 15) is 14.4 Å². The van der Waals surface area contributed by atoms with Crippen molar-refractivity contribution in [3.05, 3.63) is 24.3 Å². The van der Waals surface area contributed by atoms with Gasteiger partial charge in [-0.25, -0.2) is 9.78 Å². The Kier molecular flexibility index (Phi) is 5.24. The number of thioether (sulfide) groups is 1. The summed E-state index contributed by atoms with van der Waals surface area (Å²) in [6.07, 6.45) is 2.99. The highest BCUT2D eigenvalue weighted by molar-refractivity contribution is 7.99. The number of fused-ring (bicyclic) bond motifs is 1. The molecule has 2 aliphatic rings. The van der Waals surface area contributed by atoms with Crippen molar-refractivity contribution < 1.29 is 14.4 Å². The Morgan fingerprint density at radius 1 is 1.31 bits per heavy atom. The molecule has 1 saturated heterocycles. The Labute approximate surface area is 173 Å².